The summed E-state index contributed by atoms with van der Waals surface area (Å²) in [5.41, 5.74) is -0.951. The van der Waals surface area contributed by atoms with Crippen molar-refractivity contribution in [3.05, 3.63) is 10.1 Å². The maximum absolute atomic E-state index is 9.95. The summed E-state index contributed by atoms with van der Waals surface area (Å²) in [5.74, 6) is -0.303. The van der Waals surface area contributed by atoms with E-state index in [-0.39, 0.29) is 12.5 Å². The van der Waals surface area contributed by atoms with Crippen molar-refractivity contribution in [3.63, 3.8) is 0 Å². The van der Waals surface area contributed by atoms with Crippen molar-refractivity contribution in [2.75, 3.05) is 6.54 Å². The molecule has 4 heteroatoms. The van der Waals surface area contributed by atoms with Crippen molar-refractivity contribution >= 4 is 0 Å². The molecule has 1 N–H and O–H groups in total. The fraction of sp³-hybridized carbons (Fsp3) is 1.00. The lowest BCUT2D eigenvalue weighted by atomic mass is 9.93. The lowest BCUT2D eigenvalue weighted by Crippen LogP contribution is -2.33. The van der Waals surface area contributed by atoms with Gasteiger partial charge in [-0.05, 0) is 13.8 Å². The van der Waals surface area contributed by atoms with Gasteiger partial charge in [0.15, 0.2) is 0 Å². The van der Waals surface area contributed by atoms with Crippen molar-refractivity contribution in [3.8, 4) is 0 Å². The predicted molar refractivity (Wildman–Crippen MR) is 37.3 cm³/mol. The van der Waals surface area contributed by atoms with Crippen LogP contribution in [0.3, 0.4) is 0 Å². The van der Waals surface area contributed by atoms with Gasteiger partial charge in [-0.15, -0.1) is 0 Å². The highest BCUT2D eigenvalue weighted by molar-refractivity contribution is 4.72. The summed E-state index contributed by atoms with van der Waals surface area (Å²) >= 11 is 0. The first-order valence-corrected chi connectivity index (χ1v) is 3.18. The first-order valence-electron chi connectivity index (χ1n) is 3.18. The maximum atomic E-state index is 9.95. The highest BCUT2D eigenvalue weighted by Crippen LogP contribution is 2.14. The van der Waals surface area contributed by atoms with Crippen LogP contribution in [-0.4, -0.2) is 22.2 Å². The Labute approximate surface area is 60.0 Å². The average Bonchev–Trinajstić information content (AvgIpc) is 1.60. The van der Waals surface area contributed by atoms with Crippen LogP contribution in [0.15, 0.2) is 0 Å². The Morgan fingerprint density at radius 2 is 2.10 bits per heavy atom. The maximum Gasteiger partial charge on any atom is 0.209 e. The van der Waals surface area contributed by atoms with E-state index >= 15 is 0 Å². The number of rotatable bonds is 3. The van der Waals surface area contributed by atoms with Crippen molar-refractivity contribution < 1.29 is 10.0 Å². The quantitative estimate of drug-likeness (QED) is 0.471. The van der Waals surface area contributed by atoms with Crippen molar-refractivity contribution in [2.45, 2.75) is 26.4 Å². The van der Waals surface area contributed by atoms with Gasteiger partial charge >= 0.3 is 0 Å². The molecule has 0 radical (unpaired) electrons. The van der Waals surface area contributed by atoms with Crippen LogP contribution >= 0.6 is 0 Å². The van der Waals surface area contributed by atoms with Crippen LogP contribution < -0.4 is 0 Å². The molecular formula is C6H13NO3. The summed E-state index contributed by atoms with van der Waals surface area (Å²) in [4.78, 5) is 9.54. The predicted octanol–water partition coefficient (Wildman–Crippen LogP) is 0.670. The van der Waals surface area contributed by atoms with E-state index in [4.69, 9.17) is 0 Å². The van der Waals surface area contributed by atoms with E-state index in [0.29, 0.717) is 0 Å². The van der Waals surface area contributed by atoms with Crippen LogP contribution in [0.4, 0.5) is 0 Å². The zero-order chi connectivity index (χ0) is 8.36. The van der Waals surface area contributed by atoms with Gasteiger partial charge < -0.3 is 5.11 Å². The smallest absolute Gasteiger partial charge is 0.209 e. The molecule has 0 aromatic rings. The molecule has 0 bridgehead atoms. The van der Waals surface area contributed by atoms with E-state index in [2.05, 4.69) is 0 Å². The SMILES string of the molecule is C[C@H](C[N+](=O)[O-])C(C)(C)O. The topological polar surface area (TPSA) is 63.4 Å². The third-order valence-electron chi connectivity index (χ3n) is 1.63. The molecule has 10 heavy (non-hydrogen) atoms. The molecule has 0 unspecified atom stereocenters. The van der Waals surface area contributed by atoms with Crippen LogP contribution in [0, 0.1) is 16.0 Å². The molecule has 0 fully saturated rings. The van der Waals surface area contributed by atoms with Gasteiger partial charge in [0.2, 0.25) is 6.54 Å². The Bertz CT molecular complexity index is 127. The molecule has 0 amide bonds. The summed E-state index contributed by atoms with van der Waals surface area (Å²) in [6.45, 7) is 4.62. The fourth-order valence-electron chi connectivity index (χ4n) is 0.447. The third kappa shape index (κ3) is 3.40. The van der Waals surface area contributed by atoms with E-state index < -0.39 is 10.5 Å². The van der Waals surface area contributed by atoms with Crippen LogP contribution in [0.25, 0.3) is 0 Å². The lowest BCUT2D eigenvalue weighted by molar-refractivity contribution is -0.491. The Balaban J connectivity index is 3.85. The van der Waals surface area contributed by atoms with E-state index in [0.717, 1.165) is 0 Å². The first-order chi connectivity index (χ1) is 4.34. The van der Waals surface area contributed by atoms with E-state index in [1.807, 2.05) is 0 Å². The second kappa shape index (κ2) is 2.96. The minimum absolute atomic E-state index is 0.177. The average molecular weight is 147 g/mol. The van der Waals surface area contributed by atoms with Gasteiger partial charge in [0.25, 0.3) is 0 Å². The number of hydrogen-bond acceptors (Lipinski definition) is 3. The molecule has 0 saturated carbocycles. The Morgan fingerprint density at radius 1 is 1.70 bits per heavy atom. The minimum atomic E-state index is -0.951. The van der Waals surface area contributed by atoms with E-state index in [9.17, 15) is 15.2 Å². The molecule has 1 atom stereocenters. The lowest BCUT2D eigenvalue weighted by Gasteiger charge is -2.21. The van der Waals surface area contributed by atoms with Gasteiger partial charge in [-0.1, -0.05) is 6.92 Å². The monoisotopic (exact) mass is 147 g/mol. The Hall–Kier alpha value is -0.640. The van der Waals surface area contributed by atoms with E-state index in [1.54, 1.807) is 20.8 Å². The third-order valence-corrected chi connectivity index (χ3v) is 1.63. The molecule has 60 valence electrons. The molecule has 0 rings (SSSR count). The van der Waals surface area contributed by atoms with Gasteiger partial charge in [-0.2, -0.15) is 0 Å². The highest BCUT2D eigenvalue weighted by Gasteiger charge is 2.26. The molecule has 4 nitrogen and oxygen atoms in total. The Kier molecular flexibility index (Phi) is 2.77. The minimum Gasteiger partial charge on any atom is -0.390 e. The van der Waals surface area contributed by atoms with Crippen molar-refractivity contribution in [2.24, 2.45) is 5.92 Å². The molecule has 0 aliphatic heterocycles. The Morgan fingerprint density at radius 3 is 2.20 bits per heavy atom. The summed E-state index contributed by atoms with van der Waals surface area (Å²) in [6, 6.07) is 0. The molecule has 0 aromatic heterocycles. The first kappa shape index (κ1) is 9.36. The van der Waals surface area contributed by atoms with Crippen molar-refractivity contribution in [1.29, 1.82) is 0 Å². The van der Waals surface area contributed by atoms with Crippen LogP contribution in [-0.2, 0) is 0 Å². The fourth-order valence-corrected chi connectivity index (χ4v) is 0.447. The zero-order valence-corrected chi connectivity index (χ0v) is 6.50. The highest BCUT2D eigenvalue weighted by atomic mass is 16.6. The van der Waals surface area contributed by atoms with Crippen LogP contribution in [0.5, 0.6) is 0 Å². The van der Waals surface area contributed by atoms with Gasteiger partial charge in [0.05, 0.1) is 5.60 Å². The van der Waals surface area contributed by atoms with Crippen LogP contribution in [0.1, 0.15) is 20.8 Å². The molecule has 0 heterocycles. The number of hydrogen-bond donors (Lipinski definition) is 1. The second-order valence-corrected chi connectivity index (χ2v) is 3.07. The number of nitrogens with zero attached hydrogens (tertiary/aromatic N) is 1. The van der Waals surface area contributed by atoms with Gasteiger partial charge in [0, 0.05) is 10.8 Å². The number of aliphatic hydroxyl groups is 1. The largest absolute Gasteiger partial charge is 0.390 e. The van der Waals surface area contributed by atoms with E-state index in [1.165, 1.54) is 0 Å². The molecule has 0 saturated heterocycles. The van der Waals surface area contributed by atoms with Gasteiger partial charge in [-0.25, -0.2) is 0 Å². The number of nitro groups is 1. The van der Waals surface area contributed by atoms with Crippen molar-refractivity contribution in [1.82, 2.24) is 0 Å². The molecule has 0 spiro atoms. The second-order valence-electron chi connectivity index (χ2n) is 3.07. The standard InChI is InChI=1S/C6H13NO3/c1-5(4-7(9)10)6(2,3)8/h5,8H,4H2,1-3H3/t5-/m1/s1. The molecular weight excluding hydrogens is 134 g/mol. The molecule has 0 aromatic carbocycles. The molecule has 0 aliphatic rings. The molecule has 0 aliphatic carbocycles. The van der Waals surface area contributed by atoms with Gasteiger partial charge in [0.1, 0.15) is 0 Å². The summed E-state index contributed by atoms with van der Waals surface area (Å²) in [5, 5.41) is 19.2. The summed E-state index contributed by atoms with van der Waals surface area (Å²) < 4.78 is 0. The van der Waals surface area contributed by atoms with Gasteiger partial charge in [-0.3, -0.25) is 10.1 Å². The van der Waals surface area contributed by atoms with Crippen LogP contribution in [0.2, 0.25) is 0 Å². The summed E-state index contributed by atoms with van der Waals surface area (Å²) in [6.07, 6.45) is 0. The summed E-state index contributed by atoms with van der Waals surface area (Å²) in [7, 11) is 0. The normalized spacial score (nSPS) is 14.8. The zero-order valence-electron chi connectivity index (χ0n) is 6.50.